The van der Waals surface area contributed by atoms with E-state index in [1.165, 1.54) is 12.8 Å². The Balaban J connectivity index is 1.36. The summed E-state index contributed by atoms with van der Waals surface area (Å²) in [6.45, 7) is 2.08. The lowest BCUT2D eigenvalue weighted by Crippen LogP contribution is -2.37. The summed E-state index contributed by atoms with van der Waals surface area (Å²) in [4.78, 5) is 9.98. The van der Waals surface area contributed by atoms with Crippen molar-refractivity contribution in [2.75, 3.05) is 0 Å². The van der Waals surface area contributed by atoms with Crippen LogP contribution in [0.5, 0.6) is 0 Å². The third kappa shape index (κ3) is 2.99. The molecule has 2 aliphatic heterocycles. The topological polar surface area (TPSA) is 83.8 Å². The first-order valence-corrected chi connectivity index (χ1v) is 11.7. The maximum Gasteiger partial charge on any atom is 0.186 e. The molecule has 2 saturated heterocycles. The largest absolute Gasteiger partial charge is 0.311 e. The number of pyridine rings is 1. The van der Waals surface area contributed by atoms with Gasteiger partial charge in [0.05, 0.1) is 23.0 Å². The van der Waals surface area contributed by atoms with Gasteiger partial charge >= 0.3 is 0 Å². The third-order valence-electron chi connectivity index (χ3n) is 7.36. The van der Waals surface area contributed by atoms with E-state index >= 15 is 0 Å². The number of nitrogens with zero attached hydrogens (tertiary/aromatic N) is 5. The summed E-state index contributed by atoms with van der Waals surface area (Å²) >= 11 is 0. The van der Waals surface area contributed by atoms with Crippen LogP contribution < -0.4 is 5.32 Å². The molecule has 164 valence electrons. The van der Waals surface area contributed by atoms with E-state index in [1.807, 2.05) is 35.1 Å². The molecule has 4 aromatic heterocycles. The van der Waals surface area contributed by atoms with Crippen LogP contribution in [0.1, 0.15) is 43.0 Å². The molecule has 0 spiro atoms. The third-order valence-corrected chi connectivity index (χ3v) is 7.36. The van der Waals surface area contributed by atoms with Crippen molar-refractivity contribution < 1.29 is 0 Å². The van der Waals surface area contributed by atoms with E-state index in [1.54, 1.807) is 0 Å². The monoisotopic (exact) mass is 435 g/mol. The Morgan fingerprint density at radius 2 is 1.73 bits per heavy atom. The van der Waals surface area contributed by atoms with Crippen molar-refractivity contribution >= 4 is 16.7 Å². The second kappa shape index (κ2) is 7.22. The number of hydrogen-bond acceptors (Lipinski definition) is 5. The number of fused-ring (bicyclic) bond motifs is 5. The molecule has 2 unspecified atom stereocenters. The van der Waals surface area contributed by atoms with Crippen LogP contribution >= 0.6 is 0 Å². The fourth-order valence-electron chi connectivity index (χ4n) is 5.76. The summed E-state index contributed by atoms with van der Waals surface area (Å²) in [6.07, 6.45) is 8.63. The lowest BCUT2D eigenvalue weighted by molar-refractivity contribution is 0.360. The van der Waals surface area contributed by atoms with Gasteiger partial charge in [-0.2, -0.15) is 14.7 Å². The molecular formula is C26H25N7. The minimum atomic E-state index is 0.439. The van der Waals surface area contributed by atoms with Crippen molar-refractivity contribution in [2.24, 2.45) is 0 Å². The van der Waals surface area contributed by atoms with Crippen molar-refractivity contribution in [3.8, 4) is 22.4 Å². The normalized spacial score (nSPS) is 22.4. The quantitative estimate of drug-likeness (QED) is 0.431. The Kier molecular flexibility index (Phi) is 4.14. The average molecular weight is 436 g/mol. The molecule has 2 atom stereocenters. The van der Waals surface area contributed by atoms with Gasteiger partial charge in [0.1, 0.15) is 0 Å². The zero-order valence-electron chi connectivity index (χ0n) is 18.5. The number of rotatable bonds is 3. The van der Waals surface area contributed by atoms with Crippen LogP contribution in [0.15, 0.2) is 54.9 Å². The molecule has 1 aromatic carbocycles. The van der Waals surface area contributed by atoms with Gasteiger partial charge in [0.25, 0.3) is 0 Å². The van der Waals surface area contributed by atoms with Crippen molar-refractivity contribution in [1.29, 1.82) is 0 Å². The Morgan fingerprint density at radius 1 is 0.909 bits per heavy atom. The molecule has 0 amide bonds. The highest BCUT2D eigenvalue weighted by Crippen LogP contribution is 2.40. The molecule has 2 N–H and O–H groups in total. The molecule has 33 heavy (non-hydrogen) atoms. The van der Waals surface area contributed by atoms with Crippen LogP contribution in [-0.4, -0.2) is 41.9 Å². The number of H-pyrrole nitrogens is 1. The molecule has 0 radical (unpaired) electrons. The van der Waals surface area contributed by atoms with Gasteiger partial charge in [-0.15, -0.1) is 0 Å². The van der Waals surface area contributed by atoms with E-state index in [9.17, 15) is 0 Å². The fraction of sp³-hybridized carbons (Fsp3) is 0.308. The highest BCUT2D eigenvalue weighted by Gasteiger charge is 2.36. The van der Waals surface area contributed by atoms with Gasteiger partial charge in [-0.1, -0.05) is 36.4 Å². The summed E-state index contributed by atoms with van der Waals surface area (Å²) in [5.74, 6) is 0.439. The van der Waals surface area contributed by atoms with Crippen molar-refractivity contribution in [3.05, 3.63) is 66.2 Å². The number of nitrogens with one attached hydrogen (secondary N) is 2. The van der Waals surface area contributed by atoms with Gasteiger partial charge in [-0.05, 0) is 38.7 Å². The molecular weight excluding hydrogens is 410 g/mol. The SMILES string of the molecule is Cc1[nH]nc2c1c(C1CC3CCC(C1)N3)nc1c(-c3ccc(-c4ccccc4)nc3)cnn12. The molecule has 0 aliphatic carbocycles. The van der Waals surface area contributed by atoms with Crippen molar-refractivity contribution in [3.63, 3.8) is 0 Å². The standard InChI is InChI=1S/C26H25N7/c1-15-23-24(18-11-19-8-9-20(12-18)29-19)30-25-21(14-28-33(25)26(23)32-31-15)17-7-10-22(27-13-17)16-5-3-2-4-6-16/h2-7,10,13-14,18-20,29H,8-9,11-12H2,1H3,(H,31,32). The van der Waals surface area contributed by atoms with E-state index in [2.05, 4.69) is 51.8 Å². The maximum absolute atomic E-state index is 5.26. The zero-order chi connectivity index (χ0) is 21.9. The Morgan fingerprint density at radius 3 is 2.48 bits per heavy atom. The zero-order valence-corrected chi connectivity index (χ0v) is 18.5. The first-order chi connectivity index (χ1) is 16.2. The molecule has 7 rings (SSSR count). The molecule has 6 heterocycles. The Hall–Kier alpha value is -3.58. The average Bonchev–Trinajstić information content (AvgIpc) is 3.56. The van der Waals surface area contributed by atoms with Gasteiger partial charge in [-0.3, -0.25) is 10.1 Å². The van der Waals surface area contributed by atoms with Crippen molar-refractivity contribution in [2.45, 2.75) is 50.6 Å². The first kappa shape index (κ1) is 18.9. The number of hydrogen-bond donors (Lipinski definition) is 2. The summed E-state index contributed by atoms with van der Waals surface area (Å²) in [5, 5.41) is 17.4. The second-order valence-electron chi connectivity index (χ2n) is 9.44. The lowest BCUT2D eigenvalue weighted by atomic mass is 9.88. The van der Waals surface area contributed by atoms with Gasteiger partial charge in [-0.25, -0.2) is 4.98 Å². The maximum atomic E-state index is 5.26. The highest BCUT2D eigenvalue weighted by molar-refractivity contribution is 5.87. The molecule has 0 saturated carbocycles. The van der Waals surface area contributed by atoms with Crippen LogP contribution in [0, 0.1) is 6.92 Å². The fourth-order valence-corrected chi connectivity index (χ4v) is 5.76. The molecule has 7 heteroatoms. The number of benzene rings is 1. The van der Waals surface area contributed by atoms with Crippen LogP contribution in [0.4, 0.5) is 0 Å². The minimum absolute atomic E-state index is 0.439. The first-order valence-electron chi connectivity index (χ1n) is 11.7. The number of aromatic amines is 1. The van der Waals surface area contributed by atoms with E-state index in [0.717, 1.165) is 63.3 Å². The summed E-state index contributed by atoms with van der Waals surface area (Å²) in [7, 11) is 0. The minimum Gasteiger partial charge on any atom is -0.311 e. The second-order valence-corrected chi connectivity index (χ2v) is 9.44. The number of piperidine rings is 1. The van der Waals surface area contributed by atoms with Gasteiger partial charge < -0.3 is 5.32 Å². The predicted molar refractivity (Wildman–Crippen MR) is 128 cm³/mol. The van der Waals surface area contributed by atoms with Crippen molar-refractivity contribution in [1.82, 2.24) is 35.1 Å². The Labute approximate surface area is 191 Å². The number of aromatic nitrogens is 6. The van der Waals surface area contributed by atoms with E-state index in [4.69, 9.17) is 9.97 Å². The van der Waals surface area contributed by atoms with Gasteiger partial charge in [0.15, 0.2) is 11.3 Å². The van der Waals surface area contributed by atoms with E-state index in [0.29, 0.717) is 18.0 Å². The smallest absolute Gasteiger partial charge is 0.186 e. The summed E-state index contributed by atoms with van der Waals surface area (Å²) < 4.78 is 1.87. The van der Waals surface area contributed by atoms with Crippen LogP contribution in [0.3, 0.4) is 0 Å². The van der Waals surface area contributed by atoms with Gasteiger partial charge in [0, 0.05) is 46.6 Å². The van der Waals surface area contributed by atoms with E-state index < -0.39 is 0 Å². The Bertz CT molecular complexity index is 1450. The van der Waals surface area contributed by atoms with E-state index in [-0.39, 0.29) is 0 Å². The van der Waals surface area contributed by atoms with Crippen LogP contribution in [0.25, 0.3) is 39.1 Å². The molecule has 2 bridgehead atoms. The lowest BCUT2D eigenvalue weighted by Gasteiger charge is -2.29. The molecule has 5 aromatic rings. The number of aryl methyl sites for hydroxylation is 1. The summed E-state index contributed by atoms with van der Waals surface area (Å²) in [5.41, 5.74) is 8.01. The summed E-state index contributed by atoms with van der Waals surface area (Å²) in [6, 6.07) is 15.6. The van der Waals surface area contributed by atoms with Crippen LogP contribution in [-0.2, 0) is 0 Å². The molecule has 7 nitrogen and oxygen atoms in total. The predicted octanol–water partition coefficient (Wildman–Crippen LogP) is 4.64. The van der Waals surface area contributed by atoms with Gasteiger partial charge in [0.2, 0.25) is 0 Å². The molecule has 2 fully saturated rings. The highest BCUT2D eigenvalue weighted by atomic mass is 15.3. The molecule has 2 aliphatic rings. The van der Waals surface area contributed by atoms with Crippen LogP contribution in [0.2, 0.25) is 0 Å².